The second-order valence-corrected chi connectivity index (χ2v) is 6.24. The van der Waals surface area contributed by atoms with Gasteiger partial charge in [-0.3, -0.25) is 0 Å². The lowest BCUT2D eigenvalue weighted by Gasteiger charge is -2.21. The van der Waals surface area contributed by atoms with Gasteiger partial charge in [0.05, 0.1) is 5.56 Å². The van der Waals surface area contributed by atoms with Gasteiger partial charge >= 0.3 is 0 Å². The summed E-state index contributed by atoms with van der Waals surface area (Å²) in [5, 5.41) is 8.58. The van der Waals surface area contributed by atoms with Crippen LogP contribution in [0.2, 0.25) is 0 Å². The van der Waals surface area contributed by atoms with Gasteiger partial charge in [0, 0.05) is 35.9 Å². The molecular formula is C15H15N3O2S. The molecule has 108 valence electrons. The Kier molecular flexibility index (Phi) is 3.40. The van der Waals surface area contributed by atoms with Gasteiger partial charge in [-0.1, -0.05) is 23.4 Å². The van der Waals surface area contributed by atoms with Crippen LogP contribution >= 0.6 is 11.8 Å². The number of hydrogen-bond donors (Lipinski definition) is 1. The number of nitrogens with one attached hydrogen (secondary N) is 1. The molecule has 2 aromatic heterocycles. The van der Waals surface area contributed by atoms with Crippen molar-refractivity contribution in [1.29, 1.82) is 0 Å². The number of fused-ring (bicyclic) bond motifs is 1. The molecule has 0 aliphatic carbocycles. The van der Waals surface area contributed by atoms with E-state index >= 15 is 0 Å². The number of furan rings is 1. The summed E-state index contributed by atoms with van der Waals surface area (Å²) in [7, 11) is 0. The molecule has 0 bridgehead atoms. The molecule has 0 amide bonds. The van der Waals surface area contributed by atoms with E-state index in [9.17, 15) is 0 Å². The van der Waals surface area contributed by atoms with Crippen LogP contribution < -0.4 is 5.32 Å². The third-order valence-electron chi connectivity index (χ3n) is 3.61. The van der Waals surface area contributed by atoms with Crippen molar-refractivity contribution < 1.29 is 8.94 Å². The fourth-order valence-electron chi connectivity index (χ4n) is 2.56. The predicted molar refractivity (Wildman–Crippen MR) is 82.3 cm³/mol. The predicted octanol–water partition coefficient (Wildman–Crippen LogP) is 2.73. The molecule has 0 spiro atoms. The summed E-state index contributed by atoms with van der Waals surface area (Å²) in [4.78, 5) is 4.51. The average Bonchev–Trinajstić information content (AvgIpc) is 3.14. The van der Waals surface area contributed by atoms with Crippen LogP contribution in [-0.4, -0.2) is 34.2 Å². The monoisotopic (exact) mass is 301 g/mol. The summed E-state index contributed by atoms with van der Waals surface area (Å²) in [5.41, 5.74) is 1.72. The van der Waals surface area contributed by atoms with Gasteiger partial charge in [0.15, 0.2) is 0 Å². The number of aromatic nitrogens is 2. The number of hydrogen-bond acceptors (Lipinski definition) is 6. The Morgan fingerprint density at radius 1 is 1.33 bits per heavy atom. The highest BCUT2D eigenvalue weighted by Gasteiger charge is 2.19. The van der Waals surface area contributed by atoms with Crippen LogP contribution in [0.5, 0.6) is 0 Å². The fraction of sp³-hybridized carbons (Fsp3) is 0.333. The van der Waals surface area contributed by atoms with Crippen molar-refractivity contribution in [3.63, 3.8) is 0 Å². The van der Waals surface area contributed by atoms with Crippen molar-refractivity contribution in [2.45, 2.75) is 12.5 Å². The molecule has 21 heavy (non-hydrogen) atoms. The molecule has 0 radical (unpaired) electrons. The van der Waals surface area contributed by atoms with Crippen molar-refractivity contribution in [2.75, 3.05) is 18.1 Å². The Hall–Kier alpha value is -1.79. The summed E-state index contributed by atoms with van der Waals surface area (Å²) in [6.45, 7) is 1.04. The zero-order chi connectivity index (χ0) is 14.1. The maximum Gasteiger partial charge on any atom is 0.228 e. The molecule has 1 aliphatic heterocycles. The van der Waals surface area contributed by atoms with E-state index < -0.39 is 0 Å². The fourth-order valence-corrected chi connectivity index (χ4v) is 3.51. The van der Waals surface area contributed by atoms with E-state index in [0.29, 0.717) is 17.8 Å². The van der Waals surface area contributed by atoms with E-state index in [-0.39, 0.29) is 0 Å². The zero-order valence-corrected chi connectivity index (χ0v) is 12.2. The Bertz CT molecular complexity index is 746. The molecular weight excluding hydrogens is 286 g/mol. The Morgan fingerprint density at radius 3 is 3.19 bits per heavy atom. The first-order chi connectivity index (χ1) is 10.4. The third-order valence-corrected chi connectivity index (χ3v) is 4.74. The minimum absolute atomic E-state index is 0.415. The molecule has 1 aliphatic rings. The standard InChI is InChI=1S/C15H15N3O2S/c1-2-4-13-11(3-1)12(8-19-13)15-17-14(20-18-15)7-10-9-21-6-5-16-10/h1-4,8,10,16H,5-7,9H2. The molecule has 0 saturated carbocycles. The first-order valence-corrected chi connectivity index (χ1v) is 8.16. The molecule has 6 heteroatoms. The topological polar surface area (TPSA) is 64.1 Å². The maximum atomic E-state index is 5.53. The summed E-state index contributed by atoms with van der Waals surface area (Å²) in [6, 6.07) is 8.28. The largest absolute Gasteiger partial charge is 0.464 e. The average molecular weight is 301 g/mol. The summed E-state index contributed by atoms with van der Waals surface area (Å²) < 4.78 is 10.9. The summed E-state index contributed by atoms with van der Waals surface area (Å²) in [5.74, 6) is 3.53. The number of rotatable bonds is 3. The van der Waals surface area contributed by atoms with Gasteiger partial charge in [0.25, 0.3) is 0 Å². The number of nitrogens with zero attached hydrogens (tertiary/aromatic N) is 2. The van der Waals surface area contributed by atoms with Crippen LogP contribution in [0.3, 0.4) is 0 Å². The number of para-hydroxylation sites is 1. The zero-order valence-electron chi connectivity index (χ0n) is 11.4. The van der Waals surface area contributed by atoms with Gasteiger partial charge in [-0.05, 0) is 6.07 Å². The Labute approximate surface area is 126 Å². The summed E-state index contributed by atoms with van der Waals surface area (Å²) >= 11 is 1.96. The lowest BCUT2D eigenvalue weighted by molar-refractivity contribution is 0.363. The molecule has 1 aromatic carbocycles. The molecule has 1 unspecified atom stereocenters. The molecule has 1 fully saturated rings. The van der Waals surface area contributed by atoms with Gasteiger partial charge in [0.2, 0.25) is 11.7 Å². The van der Waals surface area contributed by atoms with Gasteiger partial charge in [-0.15, -0.1) is 0 Å². The smallest absolute Gasteiger partial charge is 0.228 e. The van der Waals surface area contributed by atoms with E-state index in [1.807, 2.05) is 36.0 Å². The van der Waals surface area contributed by atoms with Crippen LogP contribution in [0.4, 0.5) is 0 Å². The normalized spacial score (nSPS) is 19.1. The van der Waals surface area contributed by atoms with Gasteiger partial charge in [0.1, 0.15) is 11.8 Å². The minimum Gasteiger partial charge on any atom is -0.464 e. The first kappa shape index (κ1) is 12.9. The minimum atomic E-state index is 0.415. The lowest BCUT2D eigenvalue weighted by atomic mass is 10.1. The molecule has 5 nitrogen and oxygen atoms in total. The van der Waals surface area contributed by atoms with Crippen molar-refractivity contribution in [3.8, 4) is 11.4 Å². The number of thioether (sulfide) groups is 1. The van der Waals surface area contributed by atoms with Crippen molar-refractivity contribution >= 4 is 22.7 Å². The van der Waals surface area contributed by atoms with Gasteiger partial charge < -0.3 is 14.3 Å². The highest BCUT2D eigenvalue weighted by Crippen LogP contribution is 2.28. The van der Waals surface area contributed by atoms with Crippen LogP contribution in [0.1, 0.15) is 5.89 Å². The number of benzene rings is 1. The lowest BCUT2D eigenvalue weighted by Crippen LogP contribution is -2.38. The van der Waals surface area contributed by atoms with Crippen molar-refractivity contribution in [1.82, 2.24) is 15.5 Å². The quantitative estimate of drug-likeness (QED) is 0.802. The van der Waals surface area contributed by atoms with E-state index in [4.69, 9.17) is 8.94 Å². The van der Waals surface area contributed by atoms with Crippen LogP contribution in [0, 0.1) is 0 Å². The van der Waals surface area contributed by atoms with E-state index in [0.717, 1.165) is 35.3 Å². The van der Waals surface area contributed by atoms with Crippen molar-refractivity contribution in [2.24, 2.45) is 0 Å². The van der Waals surface area contributed by atoms with Gasteiger partial charge in [-0.2, -0.15) is 16.7 Å². The third kappa shape index (κ3) is 2.56. The van der Waals surface area contributed by atoms with Gasteiger partial charge in [-0.25, -0.2) is 0 Å². The van der Waals surface area contributed by atoms with Crippen LogP contribution in [0.25, 0.3) is 22.4 Å². The highest BCUT2D eigenvalue weighted by atomic mass is 32.2. The van der Waals surface area contributed by atoms with E-state index in [1.54, 1.807) is 6.26 Å². The molecule has 3 heterocycles. The molecule has 1 atom stereocenters. The SMILES string of the molecule is c1ccc2c(-c3noc(CC4CSCCN4)n3)coc2c1. The second-order valence-electron chi connectivity index (χ2n) is 5.09. The second kappa shape index (κ2) is 5.54. The van der Waals surface area contributed by atoms with Crippen LogP contribution in [0.15, 0.2) is 39.5 Å². The van der Waals surface area contributed by atoms with E-state index in [1.165, 1.54) is 5.75 Å². The van der Waals surface area contributed by atoms with Crippen molar-refractivity contribution in [3.05, 3.63) is 36.4 Å². The summed E-state index contributed by atoms with van der Waals surface area (Å²) in [6.07, 6.45) is 2.46. The van der Waals surface area contributed by atoms with Crippen LogP contribution in [-0.2, 0) is 6.42 Å². The maximum absolute atomic E-state index is 5.53. The highest BCUT2D eigenvalue weighted by molar-refractivity contribution is 7.99. The van der Waals surface area contributed by atoms with E-state index in [2.05, 4.69) is 15.5 Å². The Balaban J connectivity index is 1.59. The molecule has 3 aromatic rings. The first-order valence-electron chi connectivity index (χ1n) is 7.00. The molecule has 1 N–H and O–H groups in total. The molecule has 4 rings (SSSR count). The molecule has 1 saturated heterocycles. The Morgan fingerprint density at radius 2 is 2.29 bits per heavy atom.